The van der Waals surface area contributed by atoms with Crippen molar-refractivity contribution in [2.45, 2.75) is 6.92 Å². The van der Waals surface area contributed by atoms with E-state index in [-0.39, 0.29) is 19.8 Å². The predicted octanol–water partition coefficient (Wildman–Crippen LogP) is 0.419. The largest absolute Gasteiger partial charge is 0.482 e. The summed E-state index contributed by atoms with van der Waals surface area (Å²) in [6.45, 7) is 2.74. The van der Waals surface area contributed by atoms with Crippen LogP contribution in [0.5, 0.6) is 5.75 Å². The summed E-state index contributed by atoms with van der Waals surface area (Å²) in [4.78, 5) is 13.0. The van der Waals surface area contributed by atoms with Crippen LogP contribution in [0.25, 0.3) is 0 Å². The summed E-state index contributed by atoms with van der Waals surface area (Å²) < 4.78 is 10.1. The minimum absolute atomic E-state index is 0.00604. The summed E-state index contributed by atoms with van der Waals surface area (Å²) in [5.41, 5.74) is 0.814. The fourth-order valence-corrected chi connectivity index (χ4v) is 1.73. The van der Waals surface area contributed by atoms with Crippen molar-refractivity contribution in [3.05, 3.63) is 24.3 Å². The fraction of sp³-hybridized carbons (Fsp3) is 0.500. The molecule has 1 aromatic carbocycles. The molecule has 0 aromatic heterocycles. The number of carbonyl (C=O) groups is 1. The lowest BCUT2D eigenvalue weighted by Gasteiger charge is -2.23. The number of hydrogen-bond donors (Lipinski definition) is 2. The number of aliphatic hydroxyl groups is 2. The average Bonchev–Trinajstić information content (AvgIpc) is 2.45. The van der Waals surface area contributed by atoms with Gasteiger partial charge in [-0.2, -0.15) is 0 Å². The van der Waals surface area contributed by atoms with Crippen LogP contribution in [0, 0.1) is 0 Å². The summed E-state index contributed by atoms with van der Waals surface area (Å²) in [6, 6.07) is 7.13. The molecule has 2 N–H and O–H groups in total. The van der Waals surface area contributed by atoms with Crippen molar-refractivity contribution in [3.63, 3.8) is 0 Å². The molecule has 0 saturated carbocycles. The van der Waals surface area contributed by atoms with Crippen LogP contribution in [0.2, 0.25) is 0 Å². The van der Waals surface area contributed by atoms with Crippen LogP contribution in [0.3, 0.4) is 0 Å². The van der Waals surface area contributed by atoms with E-state index in [1.54, 1.807) is 25.1 Å². The molecule has 1 rings (SSSR count). The summed E-state index contributed by atoms with van der Waals surface area (Å²) in [7, 11) is 0. The van der Waals surface area contributed by atoms with Gasteiger partial charge in [-0.1, -0.05) is 6.07 Å². The molecule has 6 heteroatoms. The van der Waals surface area contributed by atoms with Crippen molar-refractivity contribution in [2.24, 2.45) is 0 Å². The van der Waals surface area contributed by atoms with E-state index >= 15 is 0 Å². The van der Waals surface area contributed by atoms with E-state index in [1.165, 1.54) is 0 Å². The van der Waals surface area contributed by atoms with Gasteiger partial charge in [0.1, 0.15) is 5.75 Å². The first kappa shape index (κ1) is 16.3. The van der Waals surface area contributed by atoms with Gasteiger partial charge in [0.05, 0.1) is 19.8 Å². The van der Waals surface area contributed by atoms with Gasteiger partial charge < -0.3 is 24.6 Å². The molecule has 0 aliphatic rings. The molecule has 0 aliphatic carbocycles. The van der Waals surface area contributed by atoms with E-state index in [0.29, 0.717) is 25.4 Å². The number of rotatable bonds is 9. The van der Waals surface area contributed by atoms with Crippen LogP contribution in [0.1, 0.15) is 6.92 Å². The molecule has 0 saturated heterocycles. The molecule has 20 heavy (non-hydrogen) atoms. The Labute approximate surface area is 118 Å². The first-order chi connectivity index (χ1) is 9.71. The molecule has 112 valence electrons. The van der Waals surface area contributed by atoms with Gasteiger partial charge >= 0.3 is 5.97 Å². The summed E-state index contributed by atoms with van der Waals surface area (Å²) in [5.74, 6) is 0.122. The van der Waals surface area contributed by atoms with Gasteiger partial charge in [0.15, 0.2) is 6.61 Å². The molecule has 0 fully saturated rings. The second-order valence-electron chi connectivity index (χ2n) is 4.03. The van der Waals surface area contributed by atoms with E-state index in [0.717, 1.165) is 5.69 Å². The van der Waals surface area contributed by atoms with Crippen LogP contribution in [0.4, 0.5) is 5.69 Å². The summed E-state index contributed by atoms with van der Waals surface area (Å²) in [6.07, 6.45) is 0. The molecular weight excluding hydrogens is 262 g/mol. The van der Waals surface area contributed by atoms with Gasteiger partial charge in [-0.3, -0.25) is 0 Å². The molecule has 1 aromatic rings. The highest BCUT2D eigenvalue weighted by atomic mass is 16.6. The Hall–Kier alpha value is -1.79. The number of benzene rings is 1. The molecule has 0 bridgehead atoms. The zero-order chi connectivity index (χ0) is 14.8. The van der Waals surface area contributed by atoms with Gasteiger partial charge in [0.2, 0.25) is 0 Å². The molecule has 0 heterocycles. The predicted molar refractivity (Wildman–Crippen MR) is 75.0 cm³/mol. The molecule has 0 atom stereocenters. The van der Waals surface area contributed by atoms with E-state index in [4.69, 9.17) is 19.7 Å². The van der Waals surface area contributed by atoms with Crippen LogP contribution in [-0.4, -0.2) is 55.7 Å². The SMILES string of the molecule is CCOC(=O)COc1cccc(N(CCO)CCO)c1. The molecule has 0 amide bonds. The number of carbonyl (C=O) groups excluding carboxylic acids is 1. The zero-order valence-corrected chi connectivity index (χ0v) is 11.6. The van der Waals surface area contributed by atoms with Crippen LogP contribution >= 0.6 is 0 Å². The first-order valence-electron chi connectivity index (χ1n) is 6.56. The Morgan fingerprint density at radius 2 is 1.95 bits per heavy atom. The molecule has 6 nitrogen and oxygen atoms in total. The average molecular weight is 283 g/mol. The minimum atomic E-state index is -0.416. The topological polar surface area (TPSA) is 79.2 Å². The van der Waals surface area contributed by atoms with Gasteiger partial charge in [-0.05, 0) is 19.1 Å². The smallest absolute Gasteiger partial charge is 0.344 e. The summed E-state index contributed by atoms with van der Waals surface area (Å²) >= 11 is 0. The normalized spacial score (nSPS) is 10.2. The fourth-order valence-electron chi connectivity index (χ4n) is 1.73. The Kier molecular flexibility index (Phi) is 7.46. The van der Waals surface area contributed by atoms with E-state index < -0.39 is 5.97 Å². The maximum atomic E-state index is 11.2. The van der Waals surface area contributed by atoms with E-state index in [1.807, 2.05) is 11.0 Å². The van der Waals surface area contributed by atoms with Gasteiger partial charge in [-0.15, -0.1) is 0 Å². The molecular formula is C14H21NO5. The van der Waals surface area contributed by atoms with Crippen LogP contribution in [0.15, 0.2) is 24.3 Å². The second kappa shape index (κ2) is 9.17. The number of aliphatic hydroxyl groups excluding tert-OH is 2. The third-order valence-corrected chi connectivity index (χ3v) is 2.58. The number of hydrogen-bond acceptors (Lipinski definition) is 6. The third-order valence-electron chi connectivity index (χ3n) is 2.58. The lowest BCUT2D eigenvalue weighted by molar-refractivity contribution is -0.145. The van der Waals surface area contributed by atoms with E-state index in [9.17, 15) is 4.79 Å². The van der Waals surface area contributed by atoms with Crippen molar-refractivity contribution in [1.29, 1.82) is 0 Å². The molecule has 0 aliphatic heterocycles. The zero-order valence-electron chi connectivity index (χ0n) is 11.6. The number of anilines is 1. The standard InChI is InChI=1S/C14H21NO5/c1-2-19-14(18)11-20-13-5-3-4-12(10-13)15(6-8-16)7-9-17/h3-5,10,16-17H,2,6-9,11H2,1H3. The second-order valence-corrected chi connectivity index (χ2v) is 4.03. The third kappa shape index (κ3) is 5.46. The van der Waals surface area contributed by atoms with Crippen molar-refractivity contribution in [1.82, 2.24) is 0 Å². The van der Waals surface area contributed by atoms with Crippen molar-refractivity contribution >= 4 is 11.7 Å². The maximum absolute atomic E-state index is 11.2. The van der Waals surface area contributed by atoms with Crippen molar-refractivity contribution < 1.29 is 24.5 Å². The Balaban J connectivity index is 2.66. The van der Waals surface area contributed by atoms with Gasteiger partial charge in [0.25, 0.3) is 0 Å². The minimum Gasteiger partial charge on any atom is -0.482 e. The highest BCUT2D eigenvalue weighted by Gasteiger charge is 2.08. The lowest BCUT2D eigenvalue weighted by atomic mass is 10.2. The van der Waals surface area contributed by atoms with Crippen LogP contribution in [-0.2, 0) is 9.53 Å². The van der Waals surface area contributed by atoms with Crippen molar-refractivity contribution in [3.8, 4) is 5.75 Å². The van der Waals surface area contributed by atoms with Crippen molar-refractivity contribution in [2.75, 3.05) is 44.4 Å². The Morgan fingerprint density at radius 3 is 2.55 bits per heavy atom. The van der Waals surface area contributed by atoms with E-state index in [2.05, 4.69) is 0 Å². The number of ether oxygens (including phenoxy) is 2. The molecule has 0 unspecified atom stereocenters. The Morgan fingerprint density at radius 1 is 1.25 bits per heavy atom. The van der Waals surface area contributed by atoms with Gasteiger partial charge in [-0.25, -0.2) is 4.79 Å². The number of esters is 1. The monoisotopic (exact) mass is 283 g/mol. The maximum Gasteiger partial charge on any atom is 0.344 e. The Bertz CT molecular complexity index is 404. The lowest BCUT2D eigenvalue weighted by Crippen LogP contribution is -2.29. The number of nitrogens with zero attached hydrogens (tertiary/aromatic N) is 1. The quantitative estimate of drug-likeness (QED) is 0.639. The summed E-state index contributed by atoms with van der Waals surface area (Å²) in [5, 5.41) is 18.0. The molecule has 0 spiro atoms. The first-order valence-corrected chi connectivity index (χ1v) is 6.56. The van der Waals surface area contributed by atoms with Crippen LogP contribution < -0.4 is 9.64 Å². The highest BCUT2D eigenvalue weighted by molar-refractivity contribution is 5.71. The molecule has 0 radical (unpaired) electrons. The van der Waals surface area contributed by atoms with Gasteiger partial charge in [0, 0.05) is 24.8 Å². The highest BCUT2D eigenvalue weighted by Crippen LogP contribution is 2.21.